The lowest BCUT2D eigenvalue weighted by molar-refractivity contribution is -1.19. The molecule has 4 N–H and O–H groups in total. The first-order valence-corrected chi connectivity index (χ1v) is 6.96. The highest BCUT2D eigenvalue weighted by Gasteiger charge is 2.26. The summed E-state index contributed by atoms with van der Waals surface area (Å²) >= 11 is 0. The van der Waals surface area contributed by atoms with Gasteiger partial charge in [-0.3, -0.25) is 9.59 Å². The van der Waals surface area contributed by atoms with Crippen LogP contribution in [0.2, 0.25) is 0 Å². The molecule has 0 radical (unpaired) electrons. The van der Waals surface area contributed by atoms with Crippen molar-refractivity contribution in [3.8, 4) is 0 Å². The Morgan fingerprint density at radius 2 is 1.92 bits per heavy atom. The molecule has 0 aliphatic carbocycles. The van der Waals surface area contributed by atoms with Crippen molar-refractivity contribution in [1.82, 2.24) is 4.98 Å². The van der Waals surface area contributed by atoms with Crippen molar-refractivity contribution >= 4 is 29.0 Å². The van der Waals surface area contributed by atoms with Crippen LogP contribution in [-0.2, 0) is 9.63 Å². The Kier molecular flexibility index (Phi) is 5.70. The fourth-order valence-electron chi connectivity index (χ4n) is 1.95. The van der Waals surface area contributed by atoms with Gasteiger partial charge in [-0.05, 0) is 23.4 Å². The number of amides is 2. The van der Waals surface area contributed by atoms with Crippen LogP contribution in [0.15, 0.2) is 30.5 Å². The molecule has 0 fully saturated rings. The zero-order valence-electron chi connectivity index (χ0n) is 13.3. The number of halogens is 2. The van der Waals surface area contributed by atoms with Gasteiger partial charge < -0.3 is 10.6 Å². The first kappa shape index (κ1) is 18.4. The van der Waals surface area contributed by atoms with Gasteiger partial charge in [0.1, 0.15) is 24.3 Å². The minimum absolute atomic E-state index is 0.156. The molecule has 2 aromatic rings. The standard InChI is InChI=1S/C15H14F2N4O4/c1-8(22)19-12-6-3-9(7-18-12)20-15(23)13-10(16)4-5-11(14(13)17)21(24)25-2/h3-7,24H,1-2H3,(H,20,23)(H,18,19,22)/p+1. The Balaban J connectivity index is 2.24. The molecule has 1 unspecified atom stereocenters. The Morgan fingerprint density at radius 3 is 2.48 bits per heavy atom. The van der Waals surface area contributed by atoms with Crippen LogP contribution in [0.3, 0.4) is 0 Å². The summed E-state index contributed by atoms with van der Waals surface area (Å²) in [6.45, 7) is 1.31. The minimum Gasteiger partial charge on any atom is -0.320 e. The van der Waals surface area contributed by atoms with Crippen molar-refractivity contribution in [3.05, 3.63) is 47.7 Å². The van der Waals surface area contributed by atoms with E-state index in [1.807, 2.05) is 0 Å². The number of pyridine rings is 1. The van der Waals surface area contributed by atoms with Crippen LogP contribution in [-0.4, -0.2) is 29.1 Å². The highest BCUT2D eigenvalue weighted by atomic mass is 19.1. The average molecular weight is 353 g/mol. The van der Waals surface area contributed by atoms with Crippen LogP contribution in [0.4, 0.5) is 26.0 Å². The molecule has 0 bridgehead atoms. The van der Waals surface area contributed by atoms with Gasteiger partial charge in [-0.2, -0.15) is 14.4 Å². The predicted octanol–water partition coefficient (Wildman–Crippen LogP) is 1.04. The van der Waals surface area contributed by atoms with E-state index in [1.54, 1.807) is 0 Å². The molecule has 1 heterocycles. The van der Waals surface area contributed by atoms with Crippen LogP contribution < -0.4 is 15.9 Å². The van der Waals surface area contributed by atoms with Gasteiger partial charge in [-0.25, -0.2) is 9.37 Å². The zero-order chi connectivity index (χ0) is 18.6. The summed E-state index contributed by atoms with van der Waals surface area (Å²) in [4.78, 5) is 31.4. The van der Waals surface area contributed by atoms with Gasteiger partial charge in [0.15, 0.2) is 0 Å². The smallest absolute Gasteiger partial charge is 0.261 e. The van der Waals surface area contributed by atoms with Crippen LogP contribution >= 0.6 is 0 Å². The number of nitrogens with zero attached hydrogens (tertiary/aromatic N) is 1. The number of carbonyl (C=O) groups excluding carboxylic acids is 2. The van der Waals surface area contributed by atoms with E-state index in [9.17, 15) is 23.6 Å². The van der Waals surface area contributed by atoms with Gasteiger partial charge in [-0.1, -0.05) is 0 Å². The molecule has 0 spiro atoms. The second kappa shape index (κ2) is 7.75. The van der Waals surface area contributed by atoms with Gasteiger partial charge in [0.05, 0.1) is 11.9 Å². The number of rotatable bonds is 5. The Labute approximate surface area is 140 Å². The molecule has 132 valence electrons. The summed E-state index contributed by atoms with van der Waals surface area (Å²) in [5, 5.41) is 13.4. The van der Waals surface area contributed by atoms with E-state index in [2.05, 4.69) is 20.5 Å². The molecule has 1 aromatic carbocycles. The van der Waals surface area contributed by atoms with Crippen LogP contribution in [0.1, 0.15) is 17.3 Å². The average Bonchev–Trinajstić information content (AvgIpc) is 2.55. The van der Waals surface area contributed by atoms with Crippen LogP contribution in [0.5, 0.6) is 0 Å². The maximum atomic E-state index is 14.3. The molecule has 1 aromatic heterocycles. The lowest BCUT2D eigenvalue weighted by Gasteiger charge is -2.11. The quantitative estimate of drug-likeness (QED) is 0.601. The van der Waals surface area contributed by atoms with Crippen molar-refractivity contribution in [2.45, 2.75) is 6.92 Å². The molecule has 10 heteroatoms. The zero-order valence-corrected chi connectivity index (χ0v) is 13.3. The van der Waals surface area contributed by atoms with E-state index in [1.165, 1.54) is 25.3 Å². The number of hydrogen-bond donors (Lipinski definition) is 4. The largest absolute Gasteiger partial charge is 0.320 e. The number of benzene rings is 1. The lowest BCUT2D eigenvalue weighted by Crippen LogP contribution is -3.03. The number of carbonyl (C=O) groups is 2. The SMILES string of the molecule is CO[NH+](O)c1ccc(F)c(C(=O)Nc2ccc(NC(C)=O)nc2)c1F. The maximum absolute atomic E-state index is 14.3. The molecule has 0 saturated carbocycles. The minimum atomic E-state index is -1.26. The molecule has 0 saturated heterocycles. The summed E-state index contributed by atoms with van der Waals surface area (Å²) in [6, 6.07) is 4.59. The maximum Gasteiger partial charge on any atom is 0.261 e. The molecular formula is C15H15F2N4O4+. The second-order valence-electron chi connectivity index (χ2n) is 4.86. The van der Waals surface area contributed by atoms with E-state index in [0.29, 0.717) is 0 Å². The molecule has 8 nitrogen and oxygen atoms in total. The van der Waals surface area contributed by atoms with Crippen molar-refractivity contribution < 1.29 is 33.6 Å². The molecule has 1 atom stereocenters. The van der Waals surface area contributed by atoms with E-state index in [4.69, 9.17) is 0 Å². The lowest BCUT2D eigenvalue weighted by atomic mass is 10.1. The summed E-state index contributed by atoms with van der Waals surface area (Å²) < 4.78 is 28.2. The van der Waals surface area contributed by atoms with E-state index >= 15 is 0 Å². The van der Waals surface area contributed by atoms with Crippen LogP contribution in [0, 0.1) is 11.6 Å². The third-order valence-corrected chi connectivity index (χ3v) is 3.07. The van der Waals surface area contributed by atoms with E-state index in [-0.39, 0.29) is 17.4 Å². The molecular weight excluding hydrogens is 338 g/mol. The molecule has 0 aliphatic heterocycles. The summed E-state index contributed by atoms with van der Waals surface area (Å²) in [5.41, 5.74) is -1.18. The normalized spacial score (nSPS) is 11.7. The predicted molar refractivity (Wildman–Crippen MR) is 82.3 cm³/mol. The van der Waals surface area contributed by atoms with E-state index in [0.717, 1.165) is 19.2 Å². The van der Waals surface area contributed by atoms with Crippen molar-refractivity contribution in [2.75, 3.05) is 17.7 Å². The van der Waals surface area contributed by atoms with E-state index < -0.39 is 34.0 Å². The number of anilines is 2. The Morgan fingerprint density at radius 1 is 1.20 bits per heavy atom. The summed E-state index contributed by atoms with van der Waals surface area (Å²) in [6.07, 6.45) is 1.21. The van der Waals surface area contributed by atoms with Crippen molar-refractivity contribution in [3.63, 3.8) is 0 Å². The topological polar surface area (TPSA) is 105 Å². The Hall–Kier alpha value is -2.95. The third-order valence-electron chi connectivity index (χ3n) is 3.07. The van der Waals surface area contributed by atoms with Crippen molar-refractivity contribution in [1.29, 1.82) is 0 Å². The second-order valence-corrected chi connectivity index (χ2v) is 4.86. The molecule has 2 rings (SSSR count). The summed E-state index contributed by atoms with van der Waals surface area (Å²) in [7, 11) is 1.10. The van der Waals surface area contributed by atoms with Gasteiger partial charge in [-0.15, -0.1) is 0 Å². The number of nitrogens with one attached hydrogen (secondary N) is 3. The molecule has 2 amide bonds. The first-order valence-electron chi connectivity index (χ1n) is 6.96. The molecule has 25 heavy (non-hydrogen) atoms. The van der Waals surface area contributed by atoms with Gasteiger partial charge in [0.25, 0.3) is 5.91 Å². The number of hydrogen-bond acceptors (Lipinski definition) is 5. The van der Waals surface area contributed by atoms with Gasteiger partial charge in [0.2, 0.25) is 17.4 Å². The fourth-order valence-corrected chi connectivity index (χ4v) is 1.95. The number of aromatic nitrogens is 1. The monoisotopic (exact) mass is 353 g/mol. The van der Waals surface area contributed by atoms with Crippen molar-refractivity contribution in [2.24, 2.45) is 0 Å². The highest BCUT2D eigenvalue weighted by molar-refractivity contribution is 6.05. The first-order chi connectivity index (χ1) is 11.8. The Bertz CT molecular complexity index is 799. The fraction of sp³-hybridized carbons (Fsp3) is 0.133. The van der Waals surface area contributed by atoms with Crippen LogP contribution in [0.25, 0.3) is 0 Å². The summed E-state index contributed by atoms with van der Waals surface area (Å²) in [5.74, 6) is -3.51. The number of quaternary nitrogens is 1. The van der Waals surface area contributed by atoms with Gasteiger partial charge in [0, 0.05) is 13.0 Å². The van der Waals surface area contributed by atoms with Gasteiger partial charge >= 0.3 is 0 Å². The third kappa shape index (κ3) is 4.32. The molecule has 0 aliphatic rings. The highest BCUT2D eigenvalue weighted by Crippen LogP contribution is 2.20.